The van der Waals surface area contributed by atoms with Gasteiger partial charge in [-0.15, -0.1) is 5.10 Å². The summed E-state index contributed by atoms with van der Waals surface area (Å²) in [5.74, 6) is -0.411. The summed E-state index contributed by atoms with van der Waals surface area (Å²) in [7, 11) is 1.48. The number of methoxy groups -OCH3 is 1. The fraction of sp³-hybridized carbons (Fsp3) is 0.333. The summed E-state index contributed by atoms with van der Waals surface area (Å²) in [6.45, 7) is 7.95. The van der Waals surface area contributed by atoms with Gasteiger partial charge in [0.25, 0.3) is 5.91 Å². The van der Waals surface area contributed by atoms with Gasteiger partial charge < -0.3 is 10.5 Å². The average molecular weight is 398 g/mol. The van der Waals surface area contributed by atoms with E-state index in [1.165, 1.54) is 17.4 Å². The second-order valence-electron chi connectivity index (χ2n) is 6.59. The van der Waals surface area contributed by atoms with Crippen molar-refractivity contribution in [3.05, 3.63) is 45.8 Å². The number of anilines is 1. The van der Waals surface area contributed by atoms with Crippen molar-refractivity contribution in [2.75, 3.05) is 12.8 Å². The molecule has 0 saturated carbocycles. The Hall–Kier alpha value is -3.60. The monoisotopic (exact) mass is 398 g/mol. The molecule has 0 aliphatic carbocycles. The zero-order valence-corrected chi connectivity index (χ0v) is 16.8. The van der Waals surface area contributed by atoms with Crippen molar-refractivity contribution in [3.8, 4) is 5.82 Å². The van der Waals surface area contributed by atoms with Crippen LogP contribution in [-0.4, -0.2) is 44.0 Å². The number of ether oxygens (including phenoxy) is 1. The number of nitrogens with one attached hydrogen (secondary N) is 1. The molecule has 11 heteroatoms. The van der Waals surface area contributed by atoms with Crippen molar-refractivity contribution < 1.29 is 14.2 Å². The average Bonchev–Trinajstić information content (AvgIpc) is 3.28. The lowest BCUT2D eigenvalue weighted by Crippen LogP contribution is -2.22. The number of carbonyl (C=O) groups excluding carboxylic acids is 1. The summed E-state index contributed by atoms with van der Waals surface area (Å²) in [4.78, 5) is 12.7. The summed E-state index contributed by atoms with van der Waals surface area (Å²) in [6.07, 6.45) is 0. The number of hydrazone groups is 1. The van der Waals surface area contributed by atoms with Gasteiger partial charge >= 0.3 is 0 Å². The largest absolute Gasteiger partial charge is 0.378 e. The Morgan fingerprint density at radius 1 is 1.24 bits per heavy atom. The molecule has 3 N–H and O–H groups in total. The van der Waals surface area contributed by atoms with E-state index in [-0.39, 0.29) is 23.9 Å². The van der Waals surface area contributed by atoms with Gasteiger partial charge in [0.05, 0.1) is 12.3 Å². The highest BCUT2D eigenvalue weighted by atomic mass is 16.6. The lowest BCUT2D eigenvalue weighted by Gasteiger charge is -2.10. The lowest BCUT2D eigenvalue weighted by atomic mass is 9.98. The van der Waals surface area contributed by atoms with Gasteiger partial charge in [-0.3, -0.25) is 4.79 Å². The smallest absolute Gasteiger partial charge is 0.293 e. The van der Waals surface area contributed by atoms with E-state index in [0.717, 1.165) is 16.7 Å². The first kappa shape index (κ1) is 20.1. The van der Waals surface area contributed by atoms with E-state index in [0.29, 0.717) is 11.4 Å². The van der Waals surface area contributed by atoms with Crippen LogP contribution in [-0.2, 0) is 11.3 Å². The molecule has 0 atom stereocenters. The van der Waals surface area contributed by atoms with E-state index in [2.05, 4.69) is 48.8 Å². The molecule has 0 aliphatic rings. The van der Waals surface area contributed by atoms with E-state index in [4.69, 9.17) is 10.5 Å². The fourth-order valence-corrected chi connectivity index (χ4v) is 2.85. The minimum absolute atomic E-state index is 0.0123. The van der Waals surface area contributed by atoms with Gasteiger partial charge in [0.2, 0.25) is 11.6 Å². The molecule has 2 heterocycles. The van der Waals surface area contributed by atoms with Crippen molar-refractivity contribution >= 4 is 17.4 Å². The zero-order valence-electron chi connectivity index (χ0n) is 16.8. The maximum absolute atomic E-state index is 12.7. The van der Waals surface area contributed by atoms with Gasteiger partial charge in [0.1, 0.15) is 5.69 Å². The Balaban J connectivity index is 1.88. The molecule has 152 valence electrons. The standard InChI is InChI=1S/C18H22N8O3/c1-9-6-11(3)13(7-10(9)2)12(4)20-22-18(27)15-14(8-28-5)26(25-21-15)17-16(19)23-29-24-17/h6-7H,8H2,1-5H3,(H2,19,23)(H,22,27)/b20-12+. The third kappa shape index (κ3) is 3.99. The zero-order chi connectivity index (χ0) is 21.1. The Kier molecular flexibility index (Phi) is 5.69. The molecule has 3 aromatic rings. The van der Waals surface area contributed by atoms with Gasteiger partial charge in [-0.1, -0.05) is 11.3 Å². The highest BCUT2D eigenvalue weighted by Crippen LogP contribution is 2.18. The van der Waals surface area contributed by atoms with Crippen LogP contribution < -0.4 is 11.2 Å². The van der Waals surface area contributed by atoms with Crippen LogP contribution in [0.25, 0.3) is 5.82 Å². The summed E-state index contributed by atoms with van der Waals surface area (Å²) in [5, 5.41) is 19.2. The van der Waals surface area contributed by atoms with Crippen LogP contribution in [0.4, 0.5) is 5.82 Å². The molecule has 0 fully saturated rings. The molecule has 11 nitrogen and oxygen atoms in total. The first-order valence-corrected chi connectivity index (χ1v) is 8.78. The number of rotatable bonds is 6. The third-order valence-electron chi connectivity index (χ3n) is 4.51. The Morgan fingerprint density at radius 2 is 1.97 bits per heavy atom. The highest BCUT2D eigenvalue weighted by Gasteiger charge is 2.23. The molecule has 3 rings (SSSR count). The summed E-state index contributed by atoms with van der Waals surface area (Å²) < 4.78 is 11.0. The minimum Gasteiger partial charge on any atom is -0.378 e. The predicted molar refractivity (Wildman–Crippen MR) is 105 cm³/mol. The molecule has 0 spiro atoms. The number of hydrogen-bond acceptors (Lipinski definition) is 9. The topological polar surface area (TPSA) is 146 Å². The first-order chi connectivity index (χ1) is 13.8. The van der Waals surface area contributed by atoms with Gasteiger partial charge in [0, 0.05) is 12.7 Å². The van der Waals surface area contributed by atoms with Crippen LogP contribution in [0.15, 0.2) is 21.9 Å². The normalized spacial score (nSPS) is 11.7. The first-order valence-electron chi connectivity index (χ1n) is 8.78. The molecular formula is C18H22N8O3. The number of amides is 1. The molecule has 1 amide bonds. The fourth-order valence-electron chi connectivity index (χ4n) is 2.85. The molecule has 0 saturated heterocycles. The van der Waals surface area contributed by atoms with Crippen LogP contribution in [0.3, 0.4) is 0 Å². The van der Waals surface area contributed by atoms with E-state index in [1.54, 1.807) is 0 Å². The second kappa shape index (κ2) is 8.19. The second-order valence-corrected chi connectivity index (χ2v) is 6.59. The summed E-state index contributed by atoms with van der Waals surface area (Å²) in [5.41, 5.74) is 13.6. The van der Waals surface area contributed by atoms with E-state index in [9.17, 15) is 4.79 Å². The molecule has 1 aromatic carbocycles. The van der Waals surface area contributed by atoms with Crippen molar-refractivity contribution in [1.29, 1.82) is 0 Å². The van der Waals surface area contributed by atoms with E-state index in [1.807, 2.05) is 26.8 Å². The van der Waals surface area contributed by atoms with Gasteiger partial charge in [-0.05, 0) is 60.8 Å². The van der Waals surface area contributed by atoms with Crippen molar-refractivity contribution in [1.82, 2.24) is 30.7 Å². The quantitative estimate of drug-likeness (QED) is 0.468. The Morgan fingerprint density at radius 3 is 2.62 bits per heavy atom. The van der Waals surface area contributed by atoms with Crippen molar-refractivity contribution in [2.24, 2.45) is 5.10 Å². The third-order valence-corrected chi connectivity index (χ3v) is 4.51. The lowest BCUT2D eigenvalue weighted by molar-refractivity contribution is 0.0944. The van der Waals surface area contributed by atoms with Crippen LogP contribution >= 0.6 is 0 Å². The summed E-state index contributed by atoms with van der Waals surface area (Å²) in [6, 6.07) is 4.13. The molecule has 0 bridgehead atoms. The predicted octanol–water partition coefficient (Wildman–Crippen LogP) is 1.46. The molecular weight excluding hydrogens is 376 g/mol. The molecule has 0 radical (unpaired) electrons. The Bertz CT molecular complexity index is 1080. The van der Waals surface area contributed by atoms with Gasteiger partial charge in [-0.25, -0.2) is 10.1 Å². The maximum Gasteiger partial charge on any atom is 0.293 e. The number of nitrogens with two attached hydrogens (primary N) is 1. The van der Waals surface area contributed by atoms with Crippen LogP contribution in [0.2, 0.25) is 0 Å². The maximum atomic E-state index is 12.7. The number of nitrogens with zero attached hydrogens (tertiary/aromatic N) is 6. The van der Waals surface area contributed by atoms with Crippen molar-refractivity contribution in [3.63, 3.8) is 0 Å². The number of aromatic nitrogens is 5. The SMILES string of the molecule is COCc1c(C(=O)N/N=C(\C)c2cc(C)c(C)cc2C)nnn1-c1nonc1N. The number of aryl methyl sites for hydroxylation is 3. The number of benzene rings is 1. The number of nitrogen functional groups attached to an aromatic ring is 1. The molecule has 29 heavy (non-hydrogen) atoms. The number of hydrogen-bond donors (Lipinski definition) is 2. The Labute approximate surface area is 166 Å². The van der Waals surface area contributed by atoms with Gasteiger partial charge in [0.15, 0.2) is 5.69 Å². The van der Waals surface area contributed by atoms with E-state index < -0.39 is 5.91 Å². The summed E-state index contributed by atoms with van der Waals surface area (Å²) >= 11 is 0. The number of carbonyl (C=O) groups is 1. The van der Waals surface area contributed by atoms with Crippen molar-refractivity contribution in [2.45, 2.75) is 34.3 Å². The van der Waals surface area contributed by atoms with Crippen LogP contribution in [0.5, 0.6) is 0 Å². The van der Waals surface area contributed by atoms with E-state index >= 15 is 0 Å². The minimum atomic E-state index is -0.542. The van der Waals surface area contributed by atoms with Gasteiger partial charge in [-0.2, -0.15) is 9.78 Å². The molecule has 0 aliphatic heterocycles. The molecule has 2 aromatic heterocycles. The van der Waals surface area contributed by atoms with Crippen LogP contribution in [0, 0.1) is 20.8 Å². The highest BCUT2D eigenvalue weighted by molar-refractivity contribution is 6.01. The van der Waals surface area contributed by atoms with Crippen LogP contribution in [0.1, 0.15) is 45.4 Å². The molecule has 0 unspecified atom stereocenters.